The molecule has 1 N–H and O–H groups in total. The molecule has 1 aromatic rings. The average Bonchev–Trinajstić information content (AvgIpc) is 2.50. The van der Waals surface area contributed by atoms with Crippen molar-refractivity contribution in [3.8, 4) is 12.1 Å². The maximum Gasteiger partial charge on any atom is 0.231 e. The number of nitrogens with one attached hydrogen (secondary N) is 1. The molecule has 1 aromatic carbocycles. The molecule has 0 aliphatic heterocycles. The summed E-state index contributed by atoms with van der Waals surface area (Å²) in [6.45, 7) is 0. The Morgan fingerprint density at radius 2 is 1.85 bits per heavy atom. The van der Waals surface area contributed by atoms with Crippen molar-refractivity contribution < 1.29 is 4.79 Å². The van der Waals surface area contributed by atoms with Crippen LogP contribution in [-0.4, -0.2) is 5.91 Å². The highest BCUT2D eigenvalue weighted by atomic mass is 16.1. The van der Waals surface area contributed by atoms with Crippen molar-refractivity contribution >= 4 is 11.6 Å². The molecular weight excluding hydrogens is 250 g/mol. The lowest BCUT2D eigenvalue weighted by Crippen LogP contribution is -2.27. The van der Waals surface area contributed by atoms with Crippen LogP contribution < -0.4 is 5.32 Å². The van der Waals surface area contributed by atoms with Crippen LogP contribution in [0.25, 0.3) is 0 Å². The van der Waals surface area contributed by atoms with Crippen molar-refractivity contribution in [2.45, 2.75) is 25.7 Å². The van der Waals surface area contributed by atoms with E-state index in [1.807, 2.05) is 42.5 Å². The highest BCUT2D eigenvalue weighted by molar-refractivity contribution is 5.94. The van der Waals surface area contributed by atoms with Gasteiger partial charge in [0.15, 0.2) is 0 Å². The van der Waals surface area contributed by atoms with Crippen molar-refractivity contribution in [3.63, 3.8) is 0 Å². The summed E-state index contributed by atoms with van der Waals surface area (Å²) in [4.78, 5) is 12.4. The second-order valence-corrected chi connectivity index (χ2v) is 4.78. The third-order valence-electron chi connectivity index (χ3n) is 3.51. The summed E-state index contributed by atoms with van der Waals surface area (Å²) < 4.78 is 0. The number of carbonyl (C=O) groups is 1. The van der Waals surface area contributed by atoms with Crippen LogP contribution in [0.5, 0.6) is 0 Å². The number of carbonyl (C=O) groups excluding carboxylic acids is 1. The minimum atomic E-state index is -0.363. The maximum atomic E-state index is 12.4. The molecule has 0 heterocycles. The summed E-state index contributed by atoms with van der Waals surface area (Å²) in [5.74, 6) is -0.493. The third kappa shape index (κ3) is 3.05. The van der Waals surface area contributed by atoms with Gasteiger partial charge in [0.1, 0.15) is 17.7 Å². The highest BCUT2D eigenvalue weighted by Crippen LogP contribution is 2.32. The van der Waals surface area contributed by atoms with Crippen LogP contribution in [0.15, 0.2) is 41.5 Å². The van der Waals surface area contributed by atoms with Crippen molar-refractivity contribution in [1.29, 1.82) is 10.5 Å². The van der Waals surface area contributed by atoms with E-state index in [4.69, 9.17) is 10.5 Å². The van der Waals surface area contributed by atoms with Gasteiger partial charge in [-0.3, -0.25) is 4.79 Å². The van der Waals surface area contributed by atoms with E-state index in [1.54, 1.807) is 0 Å². The molecule has 0 aromatic heterocycles. The smallest absolute Gasteiger partial charge is 0.231 e. The van der Waals surface area contributed by atoms with Crippen LogP contribution in [0.1, 0.15) is 25.7 Å². The van der Waals surface area contributed by atoms with Gasteiger partial charge in [-0.2, -0.15) is 10.5 Å². The first-order valence-electron chi connectivity index (χ1n) is 6.65. The van der Waals surface area contributed by atoms with Gasteiger partial charge in [-0.1, -0.05) is 24.6 Å². The number of anilines is 1. The number of amides is 1. The first kappa shape index (κ1) is 13.8. The van der Waals surface area contributed by atoms with Crippen LogP contribution in [0, 0.1) is 28.6 Å². The van der Waals surface area contributed by atoms with Gasteiger partial charge in [0.25, 0.3) is 0 Å². The normalized spacial score (nSPS) is 17.7. The Balaban J connectivity index is 2.21. The number of allylic oxidation sites excluding steroid dienone is 1. The molecule has 0 spiro atoms. The topological polar surface area (TPSA) is 76.7 Å². The van der Waals surface area contributed by atoms with Crippen LogP contribution in [-0.2, 0) is 4.79 Å². The molecule has 1 amide bonds. The fraction of sp³-hybridized carbons (Fsp3) is 0.312. The quantitative estimate of drug-likeness (QED) is 0.834. The lowest BCUT2D eigenvalue weighted by Gasteiger charge is -2.24. The Morgan fingerprint density at radius 3 is 2.50 bits per heavy atom. The number of nitriles is 2. The van der Waals surface area contributed by atoms with Gasteiger partial charge in [-0.05, 0) is 37.0 Å². The monoisotopic (exact) mass is 265 g/mol. The fourth-order valence-corrected chi connectivity index (χ4v) is 2.52. The van der Waals surface area contributed by atoms with E-state index >= 15 is 0 Å². The molecule has 2 rings (SSSR count). The van der Waals surface area contributed by atoms with E-state index in [0.29, 0.717) is 18.4 Å². The number of rotatable bonds is 2. The molecular formula is C16H15N3O. The number of hydrogen-bond donors (Lipinski definition) is 1. The summed E-state index contributed by atoms with van der Waals surface area (Å²) in [6.07, 6.45) is 3.22. The average molecular weight is 265 g/mol. The molecule has 1 fully saturated rings. The molecule has 1 aliphatic rings. The van der Waals surface area contributed by atoms with Gasteiger partial charge in [0.2, 0.25) is 5.91 Å². The lowest BCUT2D eigenvalue weighted by molar-refractivity contribution is -0.119. The van der Waals surface area contributed by atoms with Crippen molar-refractivity contribution in [2.24, 2.45) is 5.92 Å². The van der Waals surface area contributed by atoms with Crippen LogP contribution >= 0.6 is 0 Å². The first-order valence-corrected chi connectivity index (χ1v) is 6.65. The van der Waals surface area contributed by atoms with Gasteiger partial charge in [-0.25, -0.2) is 0 Å². The van der Waals surface area contributed by atoms with E-state index in [0.717, 1.165) is 18.5 Å². The Morgan fingerprint density at radius 1 is 1.15 bits per heavy atom. The fourth-order valence-electron chi connectivity index (χ4n) is 2.52. The van der Waals surface area contributed by atoms with E-state index in [2.05, 4.69) is 5.32 Å². The second-order valence-electron chi connectivity index (χ2n) is 4.78. The molecule has 4 heteroatoms. The van der Waals surface area contributed by atoms with Crippen molar-refractivity contribution in [3.05, 3.63) is 41.5 Å². The zero-order chi connectivity index (χ0) is 14.4. The summed E-state index contributed by atoms with van der Waals surface area (Å²) in [6, 6.07) is 13.0. The molecule has 0 saturated heterocycles. The minimum Gasteiger partial charge on any atom is -0.326 e. The molecule has 100 valence electrons. The Hall–Kier alpha value is -2.59. The zero-order valence-corrected chi connectivity index (χ0v) is 11.1. The standard InChI is InChI=1S/C16H15N3O/c17-10-12(11-18)14-8-4-5-9-15(14)16(20)19-13-6-2-1-3-7-13/h1-3,6-7,15H,4-5,8-9H2,(H,19,20). The summed E-state index contributed by atoms with van der Waals surface area (Å²) in [5.41, 5.74) is 1.52. The van der Waals surface area contributed by atoms with Crippen LogP contribution in [0.3, 0.4) is 0 Å². The van der Waals surface area contributed by atoms with Gasteiger partial charge in [0.05, 0.1) is 5.92 Å². The predicted octanol–water partition coefficient (Wildman–Crippen LogP) is 3.16. The Kier molecular flexibility index (Phi) is 4.52. The number of hydrogen-bond acceptors (Lipinski definition) is 3. The zero-order valence-electron chi connectivity index (χ0n) is 11.1. The molecule has 0 radical (unpaired) electrons. The summed E-state index contributed by atoms with van der Waals surface area (Å²) >= 11 is 0. The maximum absolute atomic E-state index is 12.4. The van der Waals surface area contributed by atoms with Crippen LogP contribution in [0.4, 0.5) is 5.69 Å². The SMILES string of the molecule is N#CC(C#N)=C1CCCCC1C(=O)Nc1ccccc1. The Labute approximate surface area is 118 Å². The number of benzene rings is 1. The number of nitrogens with zero attached hydrogens (tertiary/aromatic N) is 2. The van der Waals surface area contributed by atoms with Crippen molar-refractivity contribution in [1.82, 2.24) is 0 Å². The van der Waals surface area contributed by atoms with Gasteiger partial charge < -0.3 is 5.32 Å². The molecule has 20 heavy (non-hydrogen) atoms. The molecule has 1 atom stereocenters. The molecule has 1 unspecified atom stereocenters. The van der Waals surface area contributed by atoms with E-state index in [1.165, 1.54) is 0 Å². The third-order valence-corrected chi connectivity index (χ3v) is 3.51. The van der Waals surface area contributed by atoms with Crippen molar-refractivity contribution in [2.75, 3.05) is 5.32 Å². The molecule has 0 bridgehead atoms. The minimum absolute atomic E-state index is 0.0953. The van der Waals surface area contributed by atoms with Gasteiger partial charge in [-0.15, -0.1) is 0 Å². The molecule has 1 saturated carbocycles. The Bertz CT molecular complexity index is 589. The summed E-state index contributed by atoms with van der Waals surface area (Å²) in [7, 11) is 0. The largest absolute Gasteiger partial charge is 0.326 e. The van der Waals surface area contributed by atoms with E-state index in [9.17, 15) is 4.79 Å². The summed E-state index contributed by atoms with van der Waals surface area (Å²) in [5, 5.41) is 20.9. The van der Waals surface area contributed by atoms with Gasteiger partial charge in [0, 0.05) is 5.69 Å². The lowest BCUT2D eigenvalue weighted by atomic mass is 9.81. The van der Waals surface area contributed by atoms with E-state index < -0.39 is 0 Å². The van der Waals surface area contributed by atoms with E-state index in [-0.39, 0.29) is 17.4 Å². The second kappa shape index (κ2) is 6.54. The predicted molar refractivity (Wildman–Crippen MR) is 75.3 cm³/mol. The first-order chi connectivity index (χ1) is 9.76. The number of para-hydroxylation sites is 1. The van der Waals surface area contributed by atoms with Gasteiger partial charge >= 0.3 is 0 Å². The van der Waals surface area contributed by atoms with Crippen LogP contribution in [0.2, 0.25) is 0 Å². The molecule has 1 aliphatic carbocycles. The molecule has 4 nitrogen and oxygen atoms in total. The highest BCUT2D eigenvalue weighted by Gasteiger charge is 2.28.